The maximum atomic E-state index is 5.33. The summed E-state index contributed by atoms with van der Waals surface area (Å²) in [5.41, 5.74) is 0. The Morgan fingerprint density at radius 3 is 1.71 bits per heavy atom. The Bertz CT molecular complexity index is 134. The SMILES string of the molecule is C.C.COCCOCCC[Si](OC)(OC)OC. The van der Waals surface area contributed by atoms with E-state index < -0.39 is 8.80 Å². The van der Waals surface area contributed by atoms with Crippen LogP contribution in [0.15, 0.2) is 0 Å². The molecular weight excluding hydrogens is 240 g/mol. The first-order valence-corrected chi connectivity index (χ1v) is 6.90. The van der Waals surface area contributed by atoms with Crippen molar-refractivity contribution in [3.8, 4) is 0 Å². The molecule has 5 nitrogen and oxygen atoms in total. The van der Waals surface area contributed by atoms with Crippen molar-refractivity contribution in [3.05, 3.63) is 0 Å². The van der Waals surface area contributed by atoms with Gasteiger partial charge in [0.25, 0.3) is 0 Å². The van der Waals surface area contributed by atoms with Crippen LogP contribution in [0.25, 0.3) is 0 Å². The van der Waals surface area contributed by atoms with Gasteiger partial charge < -0.3 is 22.8 Å². The number of methoxy groups -OCH3 is 1. The smallest absolute Gasteiger partial charge is 0.382 e. The molecule has 0 amide bonds. The molecule has 0 aliphatic heterocycles. The summed E-state index contributed by atoms with van der Waals surface area (Å²) >= 11 is 0. The molecule has 0 heterocycles. The lowest BCUT2D eigenvalue weighted by Crippen LogP contribution is -2.42. The van der Waals surface area contributed by atoms with Crippen LogP contribution in [0.5, 0.6) is 0 Å². The Morgan fingerprint density at radius 1 is 0.765 bits per heavy atom. The average molecular weight is 270 g/mol. The lowest BCUT2D eigenvalue weighted by atomic mass is 10.5. The lowest BCUT2D eigenvalue weighted by Gasteiger charge is -2.24. The second kappa shape index (κ2) is 14.1. The summed E-state index contributed by atoms with van der Waals surface area (Å²) in [7, 11) is 4.11. The Kier molecular flexibility index (Phi) is 18.4. The highest BCUT2D eigenvalue weighted by atomic mass is 28.4. The van der Waals surface area contributed by atoms with Crippen molar-refractivity contribution in [1.29, 1.82) is 0 Å². The molecule has 0 saturated carbocycles. The predicted molar refractivity (Wildman–Crippen MR) is 72.4 cm³/mol. The van der Waals surface area contributed by atoms with E-state index in [9.17, 15) is 0 Å². The summed E-state index contributed by atoms with van der Waals surface area (Å²) < 4.78 is 26.0. The maximum Gasteiger partial charge on any atom is 0.500 e. The van der Waals surface area contributed by atoms with Gasteiger partial charge in [-0.15, -0.1) is 0 Å². The van der Waals surface area contributed by atoms with E-state index in [2.05, 4.69) is 0 Å². The molecule has 17 heavy (non-hydrogen) atoms. The molecule has 0 unspecified atom stereocenters. The quantitative estimate of drug-likeness (QED) is 0.450. The van der Waals surface area contributed by atoms with Gasteiger partial charge in [-0.1, -0.05) is 14.9 Å². The summed E-state index contributed by atoms with van der Waals surface area (Å²) in [6.07, 6.45) is 0.867. The monoisotopic (exact) mass is 270 g/mol. The van der Waals surface area contributed by atoms with Gasteiger partial charge >= 0.3 is 8.80 Å². The molecule has 0 aromatic heterocycles. The molecule has 0 aliphatic carbocycles. The van der Waals surface area contributed by atoms with Crippen molar-refractivity contribution in [2.24, 2.45) is 0 Å². The largest absolute Gasteiger partial charge is 0.500 e. The fourth-order valence-electron chi connectivity index (χ4n) is 1.19. The molecule has 0 aromatic rings. The minimum atomic E-state index is -2.40. The van der Waals surface area contributed by atoms with Crippen LogP contribution in [0, 0.1) is 0 Å². The summed E-state index contributed by atoms with van der Waals surface area (Å²) in [4.78, 5) is 0. The first-order valence-electron chi connectivity index (χ1n) is 4.96. The lowest BCUT2D eigenvalue weighted by molar-refractivity contribution is 0.0667. The third-order valence-electron chi connectivity index (χ3n) is 2.14. The average Bonchev–Trinajstić information content (AvgIpc) is 2.29. The summed E-state index contributed by atoms with van der Waals surface area (Å²) in [6.45, 7) is 1.92. The van der Waals surface area contributed by atoms with E-state index in [4.69, 9.17) is 22.8 Å². The maximum absolute atomic E-state index is 5.33. The molecule has 0 saturated heterocycles. The third kappa shape index (κ3) is 9.69. The molecule has 0 spiro atoms. The second-order valence-corrected chi connectivity index (χ2v) is 6.09. The zero-order valence-electron chi connectivity index (χ0n) is 10.1. The van der Waals surface area contributed by atoms with E-state index in [0.717, 1.165) is 12.5 Å². The van der Waals surface area contributed by atoms with Crippen LogP contribution in [-0.4, -0.2) is 57.1 Å². The molecular formula is C11H30O5Si. The highest BCUT2D eigenvalue weighted by molar-refractivity contribution is 6.60. The van der Waals surface area contributed by atoms with Crippen LogP contribution in [0.1, 0.15) is 21.3 Å². The molecule has 0 fully saturated rings. The van der Waals surface area contributed by atoms with Crippen LogP contribution in [0.3, 0.4) is 0 Å². The molecule has 0 aromatic carbocycles. The molecule has 0 aliphatic rings. The number of hydrogen-bond acceptors (Lipinski definition) is 5. The fourth-order valence-corrected chi connectivity index (χ4v) is 2.88. The van der Waals surface area contributed by atoms with Crippen molar-refractivity contribution in [2.45, 2.75) is 27.3 Å². The summed E-state index contributed by atoms with van der Waals surface area (Å²) in [5.74, 6) is 0. The van der Waals surface area contributed by atoms with Crippen LogP contribution in [0.4, 0.5) is 0 Å². The molecule has 0 rings (SSSR count). The van der Waals surface area contributed by atoms with Crippen molar-refractivity contribution in [3.63, 3.8) is 0 Å². The Hall–Kier alpha value is 0.0169. The molecule has 0 N–H and O–H groups in total. The molecule has 0 bridgehead atoms. The summed E-state index contributed by atoms with van der Waals surface area (Å²) in [5, 5.41) is 0. The molecule has 6 heteroatoms. The van der Waals surface area contributed by atoms with Gasteiger partial charge in [0.15, 0.2) is 0 Å². The summed E-state index contributed by atoms with van der Waals surface area (Å²) in [6, 6.07) is 0.767. The van der Waals surface area contributed by atoms with Gasteiger partial charge in [-0.3, -0.25) is 0 Å². The van der Waals surface area contributed by atoms with E-state index in [-0.39, 0.29) is 14.9 Å². The topological polar surface area (TPSA) is 46.2 Å². The van der Waals surface area contributed by atoms with Crippen LogP contribution in [-0.2, 0) is 22.8 Å². The van der Waals surface area contributed by atoms with Gasteiger partial charge in [0.1, 0.15) is 0 Å². The third-order valence-corrected chi connectivity index (χ3v) is 4.97. The van der Waals surface area contributed by atoms with Gasteiger partial charge in [0.05, 0.1) is 13.2 Å². The first-order chi connectivity index (χ1) is 7.24. The highest BCUT2D eigenvalue weighted by Gasteiger charge is 2.36. The van der Waals surface area contributed by atoms with Crippen LogP contribution in [0.2, 0.25) is 6.04 Å². The van der Waals surface area contributed by atoms with E-state index in [1.54, 1.807) is 28.4 Å². The number of rotatable bonds is 10. The minimum absolute atomic E-state index is 0. The van der Waals surface area contributed by atoms with Gasteiger partial charge in [-0.25, -0.2) is 0 Å². The Morgan fingerprint density at radius 2 is 1.29 bits per heavy atom. The van der Waals surface area contributed by atoms with E-state index in [1.165, 1.54) is 0 Å². The van der Waals surface area contributed by atoms with Crippen molar-refractivity contribution >= 4 is 8.80 Å². The van der Waals surface area contributed by atoms with Crippen molar-refractivity contribution < 1.29 is 22.8 Å². The van der Waals surface area contributed by atoms with Gasteiger partial charge in [-0.05, 0) is 6.42 Å². The highest BCUT2D eigenvalue weighted by Crippen LogP contribution is 2.14. The van der Waals surface area contributed by atoms with Crippen LogP contribution >= 0.6 is 0 Å². The number of hydrogen-bond donors (Lipinski definition) is 0. The van der Waals surface area contributed by atoms with E-state index in [0.29, 0.717) is 19.8 Å². The minimum Gasteiger partial charge on any atom is -0.382 e. The van der Waals surface area contributed by atoms with Crippen molar-refractivity contribution in [1.82, 2.24) is 0 Å². The van der Waals surface area contributed by atoms with Gasteiger partial charge in [0, 0.05) is 41.1 Å². The number of ether oxygens (including phenoxy) is 2. The Labute approximate surface area is 108 Å². The zero-order chi connectivity index (χ0) is 11.6. The standard InChI is InChI=1S/C9H22O5Si.2CH4/c1-10-7-8-14-6-5-9-15(11-2,12-3)13-4;;/h5-9H2,1-4H3;2*1H4. The molecule has 108 valence electrons. The predicted octanol–water partition coefficient (Wildman–Crippen LogP) is 2.19. The van der Waals surface area contributed by atoms with Gasteiger partial charge in [-0.2, -0.15) is 0 Å². The van der Waals surface area contributed by atoms with E-state index >= 15 is 0 Å². The first kappa shape index (κ1) is 22.2. The van der Waals surface area contributed by atoms with Crippen LogP contribution < -0.4 is 0 Å². The van der Waals surface area contributed by atoms with Gasteiger partial charge in [0.2, 0.25) is 0 Å². The fraction of sp³-hybridized carbons (Fsp3) is 1.00. The van der Waals surface area contributed by atoms with E-state index in [1.807, 2.05) is 0 Å². The molecule has 0 radical (unpaired) electrons. The zero-order valence-corrected chi connectivity index (χ0v) is 11.1. The van der Waals surface area contributed by atoms with Crippen molar-refractivity contribution in [2.75, 3.05) is 48.3 Å². The molecule has 0 atom stereocenters. The Balaban J connectivity index is -0.000000980. The normalized spacial score (nSPS) is 10.6. The second-order valence-electron chi connectivity index (χ2n) is 3.00.